The van der Waals surface area contributed by atoms with Crippen LogP contribution in [0.25, 0.3) is 0 Å². The van der Waals surface area contributed by atoms with Crippen molar-refractivity contribution in [1.29, 1.82) is 0 Å². The van der Waals surface area contributed by atoms with E-state index in [0.717, 1.165) is 0 Å². The van der Waals surface area contributed by atoms with Crippen LogP contribution >= 0.6 is 0 Å². The first-order chi connectivity index (χ1) is 14.6. The minimum atomic E-state index is -0.482. The second-order valence-electron chi connectivity index (χ2n) is 6.11. The maximum absolute atomic E-state index is 12.1. The van der Waals surface area contributed by atoms with E-state index in [1.165, 1.54) is 14.2 Å². The summed E-state index contributed by atoms with van der Waals surface area (Å²) in [6.07, 6.45) is 0.581. The van der Waals surface area contributed by atoms with Crippen molar-refractivity contribution < 1.29 is 33.3 Å². The zero-order chi connectivity index (χ0) is 21.8. The number of esters is 1. The van der Waals surface area contributed by atoms with E-state index in [0.29, 0.717) is 48.3 Å². The molecule has 0 heterocycles. The first kappa shape index (κ1) is 22.9. The monoisotopic (exact) mass is 417 g/mol. The molecule has 2 rings (SSSR count). The number of hydrogen-bond acceptors (Lipinski definition) is 7. The molecule has 30 heavy (non-hydrogen) atoms. The average Bonchev–Trinajstić information content (AvgIpc) is 2.76. The Kier molecular flexibility index (Phi) is 9.30. The third-order valence-corrected chi connectivity index (χ3v) is 3.98. The molecule has 0 saturated carbocycles. The van der Waals surface area contributed by atoms with Gasteiger partial charge in [-0.3, -0.25) is 9.59 Å². The van der Waals surface area contributed by atoms with Crippen molar-refractivity contribution in [1.82, 2.24) is 0 Å². The van der Waals surface area contributed by atoms with Gasteiger partial charge in [0.25, 0.3) is 5.91 Å². The summed E-state index contributed by atoms with van der Waals surface area (Å²) in [5.74, 6) is 1.36. The number of carbonyl (C=O) groups excluding carboxylic acids is 2. The van der Waals surface area contributed by atoms with Crippen molar-refractivity contribution in [2.24, 2.45) is 0 Å². The van der Waals surface area contributed by atoms with E-state index in [9.17, 15) is 9.59 Å². The summed E-state index contributed by atoms with van der Waals surface area (Å²) in [6, 6.07) is 12.3. The molecule has 2 aromatic rings. The van der Waals surface area contributed by atoms with E-state index in [1.807, 2.05) is 25.1 Å². The molecule has 1 amide bonds. The third kappa shape index (κ3) is 7.20. The number of carbonyl (C=O) groups is 2. The maximum atomic E-state index is 12.1. The van der Waals surface area contributed by atoms with Crippen LogP contribution in [0.5, 0.6) is 23.0 Å². The number of amides is 1. The molecule has 0 radical (unpaired) electrons. The lowest BCUT2D eigenvalue weighted by Gasteiger charge is -2.12. The Morgan fingerprint density at radius 2 is 1.67 bits per heavy atom. The molecule has 8 nitrogen and oxygen atoms in total. The van der Waals surface area contributed by atoms with Crippen LogP contribution in [-0.2, 0) is 14.3 Å². The van der Waals surface area contributed by atoms with Gasteiger partial charge in [0.2, 0.25) is 0 Å². The predicted octanol–water partition coefficient (Wildman–Crippen LogP) is 3.44. The van der Waals surface area contributed by atoms with E-state index < -0.39 is 18.5 Å². The van der Waals surface area contributed by atoms with Gasteiger partial charge in [-0.25, -0.2) is 0 Å². The zero-order valence-electron chi connectivity index (χ0n) is 17.4. The number of ether oxygens (including phenoxy) is 5. The standard InChI is InChI=1S/C22H27NO7/c1-4-28-19-8-5-6-9-20(19)29-13-7-10-22(25)30-15-21(24)23-17-14-16(26-2)11-12-18(17)27-3/h5-6,8-9,11-12,14H,4,7,10,13,15H2,1-3H3,(H,23,24). The molecule has 2 aromatic carbocycles. The molecule has 0 unspecified atom stereocenters. The van der Waals surface area contributed by atoms with Crippen LogP contribution in [0.4, 0.5) is 5.69 Å². The van der Waals surface area contributed by atoms with E-state index in [1.54, 1.807) is 24.3 Å². The van der Waals surface area contributed by atoms with Gasteiger partial charge in [0.05, 0.1) is 33.1 Å². The number of para-hydroxylation sites is 2. The fourth-order valence-corrected chi connectivity index (χ4v) is 2.56. The minimum absolute atomic E-state index is 0.132. The normalized spacial score (nSPS) is 10.1. The van der Waals surface area contributed by atoms with Crippen LogP contribution in [0, 0.1) is 0 Å². The van der Waals surface area contributed by atoms with Gasteiger partial charge in [-0.05, 0) is 37.6 Å². The Labute approximate surface area is 176 Å². The number of anilines is 1. The molecule has 0 saturated heterocycles. The second-order valence-corrected chi connectivity index (χ2v) is 6.11. The van der Waals surface area contributed by atoms with Crippen LogP contribution in [0.1, 0.15) is 19.8 Å². The molecule has 162 valence electrons. The lowest BCUT2D eigenvalue weighted by molar-refractivity contribution is -0.147. The highest BCUT2D eigenvalue weighted by atomic mass is 16.5. The third-order valence-electron chi connectivity index (χ3n) is 3.98. The summed E-state index contributed by atoms with van der Waals surface area (Å²) in [6.45, 7) is 2.36. The van der Waals surface area contributed by atoms with Crippen molar-refractivity contribution in [2.75, 3.05) is 39.4 Å². The topological polar surface area (TPSA) is 92.3 Å². The number of benzene rings is 2. The molecular formula is C22H27NO7. The number of nitrogens with one attached hydrogen (secondary N) is 1. The smallest absolute Gasteiger partial charge is 0.306 e. The molecule has 8 heteroatoms. The quantitative estimate of drug-likeness (QED) is 0.418. The van der Waals surface area contributed by atoms with Crippen molar-refractivity contribution in [3.05, 3.63) is 42.5 Å². The van der Waals surface area contributed by atoms with Crippen molar-refractivity contribution >= 4 is 17.6 Å². The molecular weight excluding hydrogens is 390 g/mol. The molecule has 0 aliphatic heterocycles. The number of rotatable bonds is 12. The fourth-order valence-electron chi connectivity index (χ4n) is 2.56. The zero-order valence-corrected chi connectivity index (χ0v) is 17.4. The predicted molar refractivity (Wildman–Crippen MR) is 111 cm³/mol. The van der Waals surface area contributed by atoms with Gasteiger partial charge in [-0.15, -0.1) is 0 Å². The van der Waals surface area contributed by atoms with Gasteiger partial charge < -0.3 is 29.0 Å². The summed E-state index contributed by atoms with van der Waals surface area (Å²) in [7, 11) is 3.01. The molecule has 0 bridgehead atoms. The highest BCUT2D eigenvalue weighted by molar-refractivity contribution is 5.94. The van der Waals surface area contributed by atoms with Crippen LogP contribution in [0.15, 0.2) is 42.5 Å². The average molecular weight is 417 g/mol. The molecule has 0 aromatic heterocycles. The van der Waals surface area contributed by atoms with Gasteiger partial charge in [0.15, 0.2) is 18.1 Å². The molecule has 0 spiro atoms. The minimum Gasteiger partial charge on any atom is -0.497 e. The van der Waals surface area contributed by atoms with Crippen molar-refractivity contribution in [3.8, 4) is 23.0 Å². The van der Waals surface area contributed by atoms with Crippen LogP contribution in [-0.4, -0.2) is 45.9 Å². The lowest BCUT2D eigenvalue weighted by atomic mass is 10.2. The Balaban J connectivity index is 1.72. The molecule has 1 N–H and O–H groups in total. The Bertz CT molecular complexity index is 838. The Hall–Kier alpha value is -3.42. The van der Waals surface area contributed by atoms with E-state index >= 15 is 0 Å². The van der Waals surface area contributed by atoms with Gasteiger partial charge in [0.1, 0.15) is 11.5 Å². The molecule has 0 aliphatic rings. The van der Waals surface area contributed by atoms with Crippen molar-refractivity contribution in [3.63, 3.8) is 0 Å². The lowest BCUT2D eigenvalue weighted by Crippen LogP contribution is -2.21. The van der Waals surface area contributed by atoms with E-state index in [4.69, 9.17) is 23.7 Å². The fraction of sp³-hybridized carbons (Fsp3) is 0.364. The summed E-state index contributed by atoms with van der Waals surface area (Å²) in [5, 5.41) is 2.64. The maximum Gasteiger partial charge on any atom is 0.306 e. The largest absolute Gasteiger partial charge is 0.497 e. The Morgan fingerprint density at radius 3 is 2.33 bits per heavy atom. The number of methoxy groups -OCH3 is 2. The summed E-state index contributed by atoms with van der Waals surface area (Å²) in [5.41, 5.74) is 0.430. The molecule has 0 atom stereocenters. The first-order valence-corrected chi connectivity index (χ1v) is 9.59. The molecule has 0 fully saturated rings. The first-order valence-electron chi connectivity index (χ1n) is 9.59. The summed E-state index contributed by atoms with van der Waals surface area (Å²) < 4.78 is 26.5. The van der Waals surface area contributed by atoms with Gasteiger partial charge in [-0.1, -0.05) is 12.1 Å². The Morgan fingerprint density at radius 1 is 0.933 bits per heavy atom. The molecule has 0 aliphatic carbocycles. The van der Waals surface area contributed by atoms with Gasteiger partial charge in [-0.2, -0.15) is 0 Å². The van der Waals surface area contributed by atoms with Gasteiger partial charge in [0, 0.05) is 12.5 Å². The van der Waals surface area contributed by atoms with Crippen molar-refractivity contribution in [2.45, 2.75) is 19.8 Å². The number of hydrogen-bond donors (Lipinski definition) is 1. The van der Waals surface area contributed by atoms with E-state index in [-0.39, 0.29) is 6.42 Å². The SMILES string of the molecule is CCOc1ccccc1OCCCC(=O)OCC(=O)Nc1cc(OC)ccc1OC. The summed E-state index contributed by atoms with van der Waals surface area (Å²) in [4.78, 5) is 24.0. The van der Waals surface area contributed by atoms with Crippen LogP contribution in [0.2, 0.25) is 0 Å². The highest BCUT2D eigenvalue weighted by Gasteiger charge is 2.12. The summed E-state index contributed by atoms with van der Waals surface area (Å²) >= 11 is 0. The highest BCUT2D eigenvalue weighted by Crippen LogP contribution is 2.29. The van der Waals surface area contributed by atoms with E-state index in [2.05, 4.69) is 5.32 Å². The van der Waals surface area contributed by atoms with Crippen LogP contribution in [0.3, 0.4) is 0 Å². The second kappa shape index (κ2) is 12.2. The van der Waals surface area contributed by atoms with Gasteiger partial charge >= 0.3 is 5.97 Å². The van der Waals surface area contributed by atoms with Crippen LogP contribution < -0.4 is 24.3 Å².